The highest BCUT2D eigenvalue weighted by molar-refractivity contribution is 5.80. The van der Waals surface area contributed by atoms with Gasteiger partial charge in [-0.2, -0.15) is 5.90 Å². The van der Waals surface area contributed by atoms with E-state index in [0.29, 0.717) is 38.9 Å². The molecule has 1 aliphatic carbocycles. The molecule has 0 amide bonds. The minimum atomic E-state index is -0.977. The molecule has 1 saturated carbocycles. The second-order valence-corrected chi connectivity index (χ2v) is 4.17. The summed E-state index contributed by atoms with van der Waals surface area (Å²) in [4.78, 5) is 15.5. The zero-order chi connectivity index (χ0) is 10.9. The lowest BCUT2D eigenvalue weighted by Crippen LogP contribution is -2.55. The van der Waals surface area contributed by atoms with Crippen LogP contribution in [-0.2, 0) is 19.1 Å². The molecule has 15 heavy (non-hydrogen) atoms. The molecule has 6 nitrogen and oxygen atoms in total. The molecule has 0 aromatic heterocycles. The zero-order valence-corrected chi connectivity index (χ0v) is 8.53. The number of carbonyl (C=O) groups is 1. The van der Waals surface area contributed by atoms with Crippen LogP contribution in [0.2, 0.25) is 0 Å². The SMILES string of the molecule is NOC(=O)C1(N)CCC2(CC1)OCCO2. The summed E-state index contributed by atoms with van der Waals surface area (Å²) in [6.45, 7) is 1.22. The summed E-state index contributed by atoms with van der Waals surface area (Å²) < 4.78 is 11.1. The highest BCUT2D eigenvalue weighted by atomic mass is 16.7. The van der Waals surface area contributed by atoms with E-state index < -0.39 is 17.3 Å². The van der Waals surface area contributed by atoms with Gasteiger partial charge in [0, 0.05) is 12.8 Å². The van der Waals surface area contributed by atoms with Gasteiger partial charge in [0.1, 0.15) is 5.54 Å². The maximum Gasteiger partial charge on any atom is 0.344 e. The maximum atomic E-state index is 11.3. The number of rotatable bonds is 1. The third kappa shape index (κ3) is 1.85. The van der Waals surface area contributed by atoms with Crippen LogP contribution in [-0.4, -0.2) is 30.5 Å². The fourth-order valence-corrected chi connectivity index (χ4v) is 2.18. The fraction of sp³-hybridized carbons (Fsp3) is 0.889. The van der Waals surface area contributed by atoms with Crippen molar-refractivity contribution in [2.75, 3.05) is 13.2 Å². The molecule has 1 saturated heterocycles. The Balaban J connectivity index is 1.99. The van der Waals surface area contributed by atoms with Crippen LogP contribution in [0.15, 0.2) is 0 Å². The van der Waals surface area contributed by atoms with Crippen LogP contribution >= 0.6 is 0 Å². The summed E-state index contributed by atoms with van der Waals surface area (Å²) in [7, 11) is 0. The third-order valence-corrected chi connectivity index (χ3v) is 3.23. The number of hydrogen-bond acceptors (Lipinski definition) is 6. The first-order valence-corrected chi connectivity index (χ1v) is 5.08. The average molecular weight is 216 g/mol. The van der Waals surface area contributed by atoms with Gasteiger partial charge < -0.3 is 20.0 Å². The van der Waals surface area contributed by atoms with Crippen molar-refractivity contribution in [3.05, 3.63) is 0 Å². The van der Waals surface area contributed by atoms with Crippen molar-refractivity contribution >= 4 is 5.97 Å². The molecule has 1 spiro atoms. The molecule has 0 unspecified atom stereocenters. The van der Waals surface area contributed by atoms with Crippen molar-refractivity contribution in [1.29, 1.82) is 0 Å². The Bertz CT molecular complexity index is 253. The van der Waals surface area contributed by atoms with E-state index in [2.05, 4.69) is 4.84 Å². The second-order valence-electron chi connectivity index (χ2n) is 4.17. The minimum absolute atomic E-state index is 0.475. The van der Waals surface area contributed by atoms with E-state index in [1.165, 1.54) is 0 Å². The number of nitrogens with two attached hydrogens (primary N) is 2. The molecule has 2 rings (SSSR count). The zero-order valence-electron chi connectivity index (χ0n) is 8.53. The number of hydrogen-bond donors (Lipinski definition) is 2. The normalized spacial score (nSPS) is 27.9. The number of ether oxygens (including phenoxy) is 2. The Morgan fingerprint density at radius 3 is 2.13 bits per heavy atom. The van der Waals surface area contributed by atoms with Gasteiger partial charge in [0.15, 0.2) is 5.79 Å². The van der Waals surface area contributed by atoms with Crippen LogP contribution in [0.4, 0.5) is 0 Å². The Hall–Kier alpha value is -0.690. The molecule has 0 atom stereocenters. The molecule has 2 fully saturated rings. The van der Waals surface area contributed by atoms with Gasteiger partial charge in [0.05, 0.1) is 13.2 Å². The van der Waals surface area contributed by atoms with Gasteiger partial charge in [-0.15, -0.1) is 0 Å². The Morgan fingerprint density at radius 2 is 1.67 bits per heavy atom. The summed E-state index contributed by atoms with van der Waals surface area (Å²) in [6, 6.07) is 0. The van der Waals surface area contributed by atoms with E-state index in [1.807, 2.05) is 0 Å². The monoisotopic (exact) mass is 216 g/mol. The van der Waals surface area contributed by atoms with Gasteiger partial charge in [-0.05, 0) is 12.8 Å². The van der Waals surface area contributed by atoms with Crippen LogP contribution < -0.4 is 11.6 Å². The quantitative estimate of drug-likeness (QED) is 0.569. The lowest BCUT2D eigenvalue weighted by Gasteiger charge is -2.39. The summed E-state index contributed by atoms with van der Waals surface area (Å²) in [6.07, 6.45) is 2.17. The first-order valence-electron chi connectivity index (χ1n) is 5.08. The molecule has 0 aromatic rings. The predicted molar refractivity (Wildman–Crippen MR) is 50.3 cm³/mol. The number of carbonyl (C=O) groups excluding carboxylic acids is 1. The highest BCUT2D eigenvalue weighted by Crippen LogP contribution is 2.39. The van der Waals surface area contributed by atoms with Crippen molar-refractivity contribution in [2.24, 2.45) is 11.6 Å². The van der Waals surface area contributed by atoms with Crippen molar-refractivity contribution in [1.82, 2.24) is 0 Å². The molecule has 1 heterocycles. The van der Waals surface area contributed by atoms with E-state index in [9.17, 15) is 4.79 Å². The highest BCUT2D eigenvalue weighted by Gasteiger charge is 2.48. The van der Waals surface area contributed by atoms with Gasteiger partial charge >= 0.3 is 5.97 Å². The molecule has 6 heteroatoms. The first-order chi connectivity index (χ1) is 7.10. The fourth-order valence-electron chi connectivity index (χ4n) is 2.18. The third-order valence-electron chi connectivity index (χ3n) is 3.23. The molecule has 0 aromatic carbocycles. The van der Waals surface area contributed by atoms with Crippen molar-refractivity contribution in [2.45, 2.75) is 37.0 Å². The van der Waals surface area contributed by atoms with Crippen LogP contribution in [0.5, 0.6) is 0 Å². The lowest BCUT2D eigenvalue weighted by atomic mass is 9.79. The summed E-state index contributed by atoms with van der Waals surface area (Å²) in [5, 5.41) is 0. The van der Waals surface area contributed by atoms with Crippen LogP contribution in [0.3, 0.4) is 0 Å². The molecular weight excluding hydrogens is 200 g/mol. The molecule has 0 bridgehead atoms. The molecule has 1 aliphatic heterocycles. The first kappa shape index (κ1) is 10.8. The van der Waals surface area contributed by atoms with Gasteiger partial charge in [-0.3, -0.25) is 0 Å². The Kier molecular flexibility index (Phi) is 2.68. The van der Waals surface area contributed by atoms with Crippen molar-refractivity contribution in [3.8, 4) is 0 Å². The van der Waals surface area contributed by atoms with E-state index >= 15 is 0 Å². The van der Waals surface area contributed by atoms with E-state index in [-0.39, 0.29) is 0 Å². The molecule has 2 aliphatic rings. The average Bonchev–Trinajstić information content (AvgIpc) is 2.71. The van der Waals surface area contributed by atoms with Crippen LogP contribution in [0, 0.1) is 0 Å². The van der Waals surface area contributed by atoms with Gasteiger partial charge in [0.25, 0.3) is 0 Å². The minimum Gasteiger partial charge on any atom is -0.372 e. The van der Waals surface area contributed by atoms with E-state index in [4.69, 9.17) is 21.1 Å². The lowest BCUT2D eigenvalue weighted by molar-refractivity contribution is -0.190. The summed E-state index contributed by atoms with van der Waals surface area (Å²) >= 11 is 0. The summed E-state index contributed by atoms with van der Waals surface area (Å²) in [5.74, 6) is 3.77. The molecule has 0 radical (unpaired) electrons. The standard InChI is InChI=1S/C9H16N2O4/c10-8(7(12)15-11)1-3-9(4-2-8)13-5-6-14-9/h1-6,10-11H2. The van der Waals surface area contributed by atoms with Gasteiger partial charge in [-0.25, -0.2) is 4.79 Å². The smallest absolute Gasteiger partial charge is 0.344 e. The van der Waals surface area contributed by atoms with Gasteiger partial charge in [-0.1, -0.05) is 0 Å². The second kappa shape index (κ2) is 3.71. The Morgan fingerprint density at radius 1 is 1.13 bits per heavy atom. The topological polar surface area (TPSA) is 96.8 Å². The predicted octanol–water partition coefficient (Wildman–Crippen LogP) is -0.582. The van der Waals surface area contributed by atoms with Crippen LogP contribution in [0.25, 0.3) is 0 Å². The van der Waals surface area contributed by atoms with Crippen molar-refractivity contribution in [3.63, 3.8) is 0 Å². The van der Waals surface area contributed by atoms with Crippen LogP contribution in [0.1, 0.15) is 25.7 Å². The van der Waals surface area contributed by atoms with Crippen molar-refractivity contribution < 1.29 is 19.1 Å². The van der Waals surface area contributed by atoms with E-state index in [1.54, 1.807) is 0 Å². The summed E-state index contributed by atoms with van der Waals surface area (Å²) in [5.41, 5.74) is 4.92. The molecule has 4 N–H and O–H groups in total. The largest absolute Gasteiger partial charge is 0.372 e. The molecule has 86 valence electrons. The maximum absolute atomic E-state index is 11.3. The van der Waals surface area contributed by atoms with E-state index in [0.717, 1.165) is 0 Å². The molecular formula is C9H16N2O4. The van der Waals surface area contributed by atoms with Gasteiger partial charge in [0.2, 0.25) is 0 Å². The Labute approximate surface area is 87.8 Å².